The van der Waals surface area contributed by atoms with E-state index in [1.807, 2.05) is 31.3 Å². The van der Waals surface area contributed by atoms with Crippen molar-refractivity contribution in [3.63, 3.8) is 0 Å². The van der Waals surface area contributed by atoms with Crippen molar-refractivity contribution in [2.75, 3.05) is 19.4 Å². The summed E-state index contributed by atoms with van der Waals surface area (Å²) in [5.41, 5.74) is 1.74. The molecule has 0 atom stereocenters. The van der Waals surface area contributed by atoms with Crippen LogP contribution < -0.4 is 5.32 Å². The van der Waals surface area contributed by atoms with E-state index >= 15 is 0 Å². The van der Waals surface area contributed by atoms with Gasteiger partial charge in [0.25, 0.3) is 5.69 Å². The molecule has 0 aromatic heterocycles. The summed E-state index contributed by atoms with van der Waals surface area (Å²) in [5.74, 6) is 0. The lowest BCUT2D eigenvalue weighted by molar-refractivity contribution is -0.385. The van der Waals surface area contributed by atoms with Gasteiger partial charge in [0.1, 0.15) is 0 Å². The Morgan fingerprint density at radius 1 is 1.29 bits per heavy atom. The minimum atomic E-state index is -0.334. The molecular formula is C16H23N3O2. The SMILES string of the molecule is CN(C)/C=C/c1cc(NC2CCCCC2)ccc1[N+](=O)[O-]. The summed E-state index contributed by atoms with van der Waals surface area (Å²) in [6, 6.07) is 5.75. The van der Waals surface area contributed by atoms with Crippen molar-refractivity contribution in [3.8, 4) is 0 Å². The molecule has 0 bridgehead atoms. The molecule has 0 saturated heterocycles. The van der Waals surface area contributed by atoms with Gasteiger partial charge in [-0.15, -0.1) is 0 Å². The molecule has 1 aromatic rings. The Hall–Kier alpha value is -2.04. The number of hydrogen-bond acceptors (Lipinski definition) is 4. The third-order valence-electron chi connectivity index (χ3n) is 3.75. The average molecular weight is 289 g/mol. The summed E-state index contributed by atoms with van der Waals surface area (Å²) >= 11 is 0. The number of nitro benzene ring substituents is 1. The molecule has 0 heterocycles. The summed E-state index contributed by atoms with van der Waals surface area (Å²) in [4.78, 5) is 12.6. The van der Waals surface area contributed by atoms with Crippen molar-refractivity contribution >= 4 is 17.5 Å². The lowest BCUT2D eigenvalue weighted by atomic mass is 9.95. The van der Waals surface area contributed by atoms with Crippen LogP contribution in [-0.2, 0) is 0 Å². The third kappa shape index (κ3) is 4.48. The van der Waals surface area contributed by atoms with Crippen LogP contribution in [0.15, 0.2) is 24.4 Å². The topological polar surface area (TPSA) is 58.4 Å². The van der Waals surface area contributed by atoms with Crippen molar-refractivity contribution in [2.45, 2.75) is 38.1 Å². The summed E-state index contributed by atoms with van der Waals surface area (Å²) in [6.07, 6.45) is 9.81. The molecule has 1 saturated carbocycles. The van der Waals surface area contributed by atoms with E-state index in [-0.39, 0.29) is 10.6 Å². The van der Waals surface area contributed by atoms with Gasteiger partial charge in [0, 0.05) is 31.9 Å². The highest BCUT2D eigenvalue weighted by Crippen LogP contribution is 2.27. The zero-order valence-corrected chi connectivity index (χ0v) is 12.7. The van der Waals surface area contributed by atoms with Crippen LogP contribution in [0.2, 0.25) is 0 Å². The molecule has 1 fully saturated rings. The second-order valence-electron chi connectivity index (χ2n) is 5.79. The van der Waals surface area contributed by atoms with Gasteiger partial charge in [0.15, 0.2) is 0 Å². The van der Waals surface area contributed by atoms with Crippen molar-refractivity contribution in [3.05, 3.63) is 40.1 Å². The van der Waals surface area contributed by atoms with E-state index in [4.69, 9.17) is 0 Å². The fourth-order valence-electron chi connectivity index (χ4n) is 2.66. The Balaban J connectivity index is 2.19. The van der Waals surface area contributed by atoms with E-state index in [0.717, 1.165) is 5.69 Å². The van der Waals surface area contributed by atoms with Crippen LogP contribution >= 0.6 is 0 Å². The van der Waals surface area contributed by atoms with Crippen LogP contribution in [0.5, 0.6) is 0 Å². The average Bonchev–Trinajstić information content (AvgIpc) is 2.46. The standard InChI is InChI=1S/C16H23N3O2/c1-18(2)11-10-13-12-15(8-9-16(13)19(20)21)17-14-6-4-3-5-7-14/h8-12,14,17H,3-7H2,1-2H3/b11-10+. The molecule has 21 heavy (non-hydrogen) atoms. The van der Waals surface area contributed by atoms with Gasteiger partial charge in [-0.1, -0.05) is 19.3 Å². The normalized spacial score (nSPS) is 16.1. The van der Waals surface area contributed by atoms with Gasteiger partial charge < -0.3 is 10.2 Å². The van der Waals surface area contributed by atoms with E-state index in [1.54, 1.807) is 18.2 Å². The largest absolute Gasteiger partial charge is 0.383 e. The highest BCUT2D eigenvalue weighted by Gasteiger charge is 2.16. The van der Waals surface area contributed by atoms with E-state index < -0.39 is 0 Å². The predicted molar refractivity (Wildman–Crippen MR) is 86.3 cm³/mol. The van der Waals surface area contributed by atoms with E-state index in [2.05, 4.69) is 5.32 Å². The third-order valence-corrected chi connectivity index (χ3v) is 3.75. The van der Waals surface area contributed by atoms with Crippen LogP contribution in [0.1, 0.15) is 37.7 Å². The monoisotopic (exact) mass is 289 g/mol. The predicted octanol–water partition coefficient (Wildman–Crippen LogP) is 3.87. The number of nitrogens with zero attached hydrogens (tertiary/aromatic N) is 2. The summed E-state index contributed by atoms with van der Waals surface area (Å²) in [7, 11) is 3.79. The van der Waals surface area contributed by atoms with Gasteiger partial charge in [0.05, 0.1) is 10.5 Å². The highest BCUT2D eigenvalue weighted by atomic mass is 16.6. The van der Waals surface area contributed by atoms with Crippen LogP contribution in [-0.4, -0.2) is 30.0 Å². The van der Waals surface area contributed by atoms with Gasteiger partial charge in [-0.05, 0) is 37.3 Å². The number of hydrogen-bond donors (Lipinski definition) is 1. The number of anilines is 1. The maximum Gasteiger partial charge on any atom is 0.276 e. The quantitative estimate of drug-likeness (QED) is 0.660. The van der Waals surface area contributed by atoms with Crippen molar-refractivity contribution in [2.24, 2.45) is 0 Å². The van der Waals surface area contributed by atoms with E-state index in [0.29, 0.717) is 11.6 Å². The molecule has 1 aliphatic rings. The Morgan fingerprint density at radius 2 is 2.00 bits per heavy atom. The molecule has 0 spiro atoms. The second kappa shape index (κ2) is 7.11. The van der Waals surface area contributed by atoms with Crippen LogP contribution in [0.3, 0.4) is 0 Å². The maximum absolute atomic E-state index is 11.1. The van der Waals surface area contributed by atoms with Crippen molar-refractivity contribution in [1.82, 2.24) is 4.90 Å². The van der Waals surface area contributed by atoms with Crippen LogP contribution in [0, 0.1) is 10.1 Å². The van der Waals surface area contributed by atoms with E-state index in [1.165, 1.54) is 32.1 Å². The molecule has 1 aromatic carbocycles. The fourth-order valence-corrected chi connectivity index (χ4v) is 2.66. The first-order valence-corrected chi connectivity index (χ1v) is 7.46. The molecule has 0 amide bonds. The molecule has 0 aliphatic heterocycles. The van der Waals surface area contributed by atoms with Crippen molar-refractivity contribution in [1.29, 1.82) is 0 Å². The molecule has 2 rings (SSSR count). The Kier molecular flexibility index (Phi) is 5.20. The summed E-state index contributed by atoms with van der Waals surface area (Å²) in [5, 5.41) is 14.6. The Labute approximate surface area is 125 Å². The van der Waals surface area contributed by atoms with Gasteiger partial charge in [0.2, 0.25) is 0 Å². The number of nitrogens with one attached hydrogen (secondary N) is 1. The number of nitro groups is 1. The Bertz CT molecular complexity index is 520. The van der Waals surface area contributed by atoms with Gasteiger partial charge in [-0.3, -0.25) is 10.1 Å². The smallest absolute Gasteiger partial charge is 0.276 e. The minimum absolute atomic E-state index is 0.141. The zero-order valence-electron chi connectivity index (χ0n) is 12.7. The van der Waals surface area contributed by atoms with Gasteiger partial charge in [-0.25, -0.2) is 0 Å². The van der Waals surface area contributed by atoms with Gasteiger partial charge >= 0.3 is 0 Å². The first kappa shape index (κ1) is 15.4. The van der Waals surface area contributed by atoms with E-state index in [9.17, 15) is 10.1 Å². The molecule has 5 heteroatoms. The number of benzene rings is 1. The minimum Gasteiger partial charge on any atom is -0.383 e. The highest BCUT2D eigenvalue weighted by molar-refractivity contribution is 5.66. The molecule has 0 radical (unpaired) electrons. The molecule has 114 valence electrons. The van der Waals surface area contributed by atoms with Gasteiger partial charge in [-0.2, -0.15) is 0 Å². The Morgan fingerprint density at radius 3 is 2.62 bits per heavy atom. The molecule has 1 N–H and O–H groups in total. The summed E-state index contributed by atoms with van der Waals surface area (Å²) < 4.78 is 0. The first-order chi connectivity index (χ1) is 10.1. The molecular weight excluding hydrogens is 266 g/mol. The lowest BCUT2D eigenvalue weighted by Crippen LogP contribution is -2.22. The molecule has 5 nitrogen and oxygen atoms in total. The number of rotatable bonds is 5. The van der Waals surface area contributed by atoms with Crippen molar-refractivity contribution < 1.29 is 4.92 Å². The lowest BCUT2D eigenvalue weighted by Gasteiger charge is -2.24. The molecule has 1 aliphatic carbocycles. The molecule has 0 unspecified atom stereocenters. The van der Waals surface area contributed by atoms with Crippen LogP contribution in [0.25, 0.3) is 6.08 Å². The first-order valence-electron chi connectivity index (χ1n) is 7.46. The van der Waals surface area contributed by atoms with Crippen LogP contribution in [0.4, 0.5) is 11.4 Å². The summed E-state index contributed by atoms with van der Waals surface area (Å²) in [6.45, 7) is 0. The second-order valence-corrected chi connectivity index (χ2v) is 5.79. The fraction of sp³-hybridized carbons (Fsp3) is 0.500. The zero-order chi connectivity index (χ0) is 15.2. The maximum atomic E-state index is 11.1.